The molecule has 12 heteroatoms. The summed E-state index contributed by atoms with van der Waals surface area (Å²) in [6.07, 6.45) is 4.59. The molecule has 0 atom stereocenters. The number of carbonyl (C=O) groups is 1. The van der Waals surface area contributed by atoms with E-state index >= 15 is 0 Å². The number of rotatable bonds is 9. The summed E-state index contributed by atoms with van der Waals surface area (Å²) in [6, 6.07) is 8.38. The first kappa shape index (κ1) is 23.0. The lowest BCUT2D eigenvalue weighted by atomic mass is 10.1. The highest BCUT2D eigenvalue weighted by atomic mass is 32.2. The lowest BCUT2D eigenvalue weighted by Gasteiger charge is -2.09. The van der Waals surface area contributed by atoms with E-state index in [-0.39, 0.29) is 17.3 Å². The molecule has 0 aliphatic carbocycles. The van der Waals surface area contributed by atoms with Crippen LogP contribution in [0.25, 0.3) is 11.0 Å². The van der Waals surface area contributed by atoms with Gasteiger partial charge >= 0.3 is 0 Å². The van der Waals surface area contributed by atoms with Gasteiger partial charge in [0.05, 0.1) is 19.9 Å². The van der Waals surface area contributed by atoms with Crippen LogP contribution in [0.3, 0.4) is 0 Å². The van der Waals surface area contributed by atoms with E-state index < -0.39 is 20.7 Å². The molecule has 0 fully saturated rings. The van der Waals surface area contributed by atoms with Crippen LogP contribution < -0.4 is 14.8 Å². The fourth-order valence-electron chi connectivity index (χ4n) is 3.29. The molecule has 0 saturated heterocycles. The second-order valence-electron chi connectivity index (χ2n) is 7.21. The molecular weight excluding hydrogens is 465 g/mol. The molecule has 0 aliphatic heterocycles. The first-order valence-corrected chi connectivity index (χ1v) is 11.4. The molecule has 0 unspecified atom stereocenters. The smallest absolute Gasteiger partial charge is 0.266 e. The van der Waals surface area contributed by atoms with Crippen LogP contribution >= 0.6 is 0 Å². The van der Waals surface area contributed by atoms with Crippen LogP contribution in [0, 0.1) is 5.82 Å². The predicted octanol–water partition coefficient (Wildman–Crippen LogP) is 2.82. The van der Waals surface area contributed by atoms with Gasteiger partial charge in [-0.15, -0.1) is 0 Å². The molecule has 4 rings (SSSR count). The zero-order chi connectivity index (χ0) is 24.3. The molecule has 0 aliphatic rings. The van der Waals surface area contributed by atoms with Crippen LogP contribution in [0.4, 0.5) is 10.2 Å². The zero-order valence-corrected chi connectivity index (χ0v) is 18.8. The van der Waals surface area contributed by atoms with Gasteiger partial charge in [0.15, 0.2) is 11.4 Å². The Morgan fingerprint density at radius 3 is 2.82 bits per heavy atom. The molecule has 0 spiro atoms. The summed E-state index contributed by atoms with van der Waals surface area (Å²) in [5.74, 6) is -0.985. The Morgan fingerprint density at radius 2 is 2.09 bits per heavy atom. The number of carbonyl (C=O) groups excluding carboxylic acids is 1. The Hall–Kier alpha value is -4.19. The number of hydrogen-bond acceptors (Lipinski definition) is 7. The van der Waals surface area contributed by atoms with E-state index in [1.807, 2.05) is 0 Å². The van der Waals surface area contributed by atoms with E-state index in [0.717, 1.165) is 23.3 Å². The lowest BCUT2D eigenvalue weighted by molar-refractivity contribution is -0.116. The van der Waals surface area contributed by atoms with Crippen molar-refractivity contribution in [2.45, 2.75) is 18.0 Å². The third kappa shape index (κ3) is 4.76. The second-order valence-corrected chi connectivity index (χ2v) is 8.86. The number of halogens is 1. The van der Waals surface area contributed by atoms with Gasteiger partial charge in [-0.2, -0.15) is 5.10 Å². The molecule has 0 radical (unpaired) electrons. The van der Waals surface area contributed by atoms with Gasteiger partial charge in [0.2, 0.25) is 5.91 Å². The van der Waals surface area contributed by atoms with Gasteiger partial charge in [-0.3, -0.25) is 14.2 Å². The number of aromatic nitrogens is 3. The van der Waals surface area contributed by atoms with E-state index in [1.165, 1.54) is 25.3 Å². The van der Waals surface area contributed by atoms with E-state index in [1.54, 1.807) is 29.2 Å². The largest absolute Gasteiger partial charge is 0.496 e. The molecule has 1 amide bonds. The van der Waals surface area contributed by atoms with Crippen molar-refractivity contribution in [2.24, 2.45) is 0 Å². The van der Waals surface area contributed by atoms with Crippen LogP contribution in [0.1, 0.15) is 11.1 Å². The third-order valence-electron chi connectivity index (χ3n) is 4.86. The summed E-state index contributed by atoms with van der Waals surface area (Å²) in [6.45, 7) is 4.05. The van der Waals surface area contributed by atoms with Crippen molar-refractivity contribution in [3.8, 4) is 5.75 Å². The average molecular weight is 485 g/mol. The van der Waals surface area contributed by atoms with E-state index in [0.29, 0.717) is 24.2 Å². The van der Waals surface area contributed by atoms with Gasteiger partial charge < -0.3 is 14.6 Å². The zero-order valence-electron chi connectivity index (χ0n) is 18.0. The van der Waals surface area contributed by atoms with Crippen LogP contribution in [0.2, 0.25) is 0 Å². The highest BCUT2D eigenvalue weighted by molar-refractivity contribution is 7.92. The number of methoxy groups -OCH3 is 1. The van der Waals surface area contributed by atoms with Gasteiger partial charge in [-0.25, -0.2) is 12.8 Å². The molecular formula is C22H20FN5O5S. The number of hydrogen-bond donors (Lipinski definition) is 2. The predicted molar refractivity (Wildman–Crippen MR) is 121 cm³/mol. The normalized spacial score (nSPS) is 11.4. The Bertz CT molecular complexity index is 1480. The molecule has 176 valence electrons. The van der Waals surface area contributed by atoms with Crippen molar-refractivity contribution in [1.82, 2.24) is 20.3 Å². The van der Waals surface area contributed by atoms with Crippen molar-refractivity contribution in [2.75, 3.05) is 11.8 Å². The second kappa shape index (κ2) is 9.35. The minimum absolute atomic E-state index is 0.124. The average Bonchev–Trinajstić information content (AvgIpc) is 3.43. The maximum Gasteiger partial charge on any atom is 0.266 e. The summed E-state index contributed by atoms with van der Waals surface area (Å²) < 4.78 is 54.0. The van der Waals surface area contributed by atoms with Gasteiger partial charge in [-0.05, 0) is 35.9 Å². The first-order valence-electron chi connectivity index (χ1n) is 9.96. The quantitative estimate of drug-likeness (QED) is 0.349. The third-order valence-corrected chi connectivity index (χ3v) is 6.23. The number of nitrogens with zero attached hydrogens (tertiary/aromatic N) is 3. The Balaban J connectivity index is 1.59. The highest BCUT2D eigenvalue weighted by Gasteiger charge is 2.24. The summed E-state index contributed by atoms with van der Waals surface area (Å²) in [5, 5.41) is 11.0. The Kier molecular flexibility index (Phi) is 6.32. The van der Waals surface area contributed by atoms with Crippen molar-refractivity contribution in [3.05, 3.63) is 78.4 Å². The number of benzene rings is 2. The molecule has 10 nitrogen and oxygen atoms in total. The molecule has 2 N–H and O–H groups in total. The van der Waals surface area contributed by atoms with E-state index in [2.05, 4.69) is 26.9 Å². The van der Waals surface area contributed by atoms with E-state index in [9.17, 15) is 17.6 Å². The van der Waals surface area contributed by atoms with Crippen LogP contribution in [-0.4, -0.2) is 36.4 Å². The van der Waals surface area contributed by atoms with Crippen molar-refractivity contribution in [3.63, 3.8) is 0 Å². The summed E-state index contributed by atoms with van der Waals surface area (Å²) in [7, 11) is -2.83. The fraction of sp³-hybridized carbons (Fsp3) is 0.136. The number of amides is 1. The number of anilines is 1. The molecule has 0 bridgehead atoms. The van der Waals surface area contributed by atoms with Crippen LogP contribution in [0.5, 0.6) is 5.75 Å². The van der Waals surface area contributed by atoms with Gasteiger partial charge in [0.1, 0.15) is 21.8 Å². The van der Waals surface area contributed by atoms with Crippen molar-refractivity contribution < 1.29 is 26.9 Å². The molecule has 2 aromatic heterocycles. The lowest BCUT2D eigenvalue weighted by Crippen LogP contribution is -2.19. The monoisotopic (exact) mass is 485 g/mol. The minimum atomic E-state index is -4.25. The number of nitrogens with one attached hydrogen (secondary N) is 2. The molecule has 2 heterocycles. The van der Waals surface area contributed by atoms with Crippen molar-refractivity contribution in [1.29, 1.82) is 0 Å². The van der Waals surface area contributed by atoms with Gasteiger partial charge in [0.25, 0.3) is 10.0 Å². The van der Waals surface area contributed by atoms with Crippen molar-refractivity contribution >= 4 is 32.7 Å². The molecule has 2 aromatic carbocycles. The Labute approximate surface area is 194 Å². The SMILES string of the molecule is C=CC(=O)NCc1cnn(Cc2cc(OC)c3c(NS(=O)(=O)c4ccccc4F)noc3c2)c1. The number of ether oxygens (including phenoxy) is 1. The van der Waals surface area contributed by atoms with Crippen LogP contribution in [0.15, 0.2) is 70.9 Å². The van der Waals surface area contributed by atoms with Crippen LogP contribution in [-0.2, 0) is 27.9 Å². The molecule has 34 heavy (non-hydrogen) atoms. The van der Waals surface area contributed by atoms with E-state index in [4.69, 9.17) is 9.26 Å². The minimum Gasteiger partial charge on any atom is -0.496 e. The fourth-order valence-corrected chi connectivity index (χ4v) is 4.38. The summed E-state index contributed by atoms with van der Waals surface area (Å²) in [4.78, 5) is 10.8. The van der Waals surface area contributed by atoms with Gasteiger partial charge in [0, 0.05) is 18.3 Å². The maximum absolute atomic E-state index is 14.0. The number of fused-ring (bicyclic) bond motifs is 1. The summed E-state index contributed by atoms with van der Waals surface area (Å²) in [5.41, 5.74) is 1.81. The Morgan fingerprint density at radius 1 is 1.29 bits per heavy atom. The molecule has 4 aromatic rings. The number of sulfonamides is 1. The first-order chi connectivity index (χ1) is 16.3. The summed E-state index contributed by atoms with van der Waals surface area (Å²) >= 11 is 0. The standard InChI is InChI=1S/C22H20FN5O5S/c1-3-20(29)24-10-15-11-25-28(13-15)12-14-8-17(32-2)21-18(9-14)33-26-22(21)27-34(30,31)19-7-5-4-6-16(19)23/h3-9,11,13H,1,10,12H2,2H3,(H,24,29)(H,26,27). The van der Waals surface area contributed by atoms with Gasteiger partial charge in [-0.1, -0.05) is 23.9 Å². The highest BCUT2D eigenvalue weighted by Crippen LogP contribution is 2.35. The molecule has 0 saturated carbocycles. The maximum atomic E-state index is 14.0. The topological polar surface area (TPSA) is 128 Å².